The van der Waals surface area contributed by atoms with Crippen LogP contribution < -0.4 is 0 Å². The second-order valence-corrected chi connectivity index (χ2v) is 6.48. The number of nitrogens with zero attached hydrogens (tertiary/aromatic N) is 5. The minimum Gasteiger partial charge on any atom is -0.337 e. The molecule has 1 aromatic carbocycles. The number of benzene rings is 1. The Balaban J connectivity index is 1.60. The van der Waals surface area contributed by atoms with Crippen LogP contribution in [0.25, 0.3) is 11.3 Å². The van der Waals surface area contributed by atoms with Crippen LogP contribution in [-0.2, 0) is 0 Å². The number of likely N-dealkylation sites (tertiary alicyclic amines) is 1. The Morgan fingerprint density at radius 2 is 1.81 bits per heavy atom. The quantitative estimate of drug-likeness (QED) is 0.715. The van der Waals surface area contributed by atoms with Crippen molar-refractivity contribution in [1.82, 2.24) is 24.8 Å². The topological polar surface area (TPSA) is 71.9 Å². The molecule has 1 fully saturated rings. The van der Waals surface area contributed by atoms with Crippen LogP contribution in [0.5, 0.6) is 0 Å². The Hall–Kier alpha value is -3.22. The number of carbonyl (C=O) groups is 1. The van der Waals surface area contributed by atoms with E-state index in [2.05, 4.69) is 19.9 Å². The van der Waals surface area contributed by atoms with E-state index in [-0.39, 0.29) is 17.6 Å². The molecule has 6 nitrogen and oxygen atoms in total. The number of rotatable bonds is 3. The van der Waals surface area contributed by atoms with Gasteiger partial charge in [0.25, 0.3) is 5.91 Å². The fourth-order valence-corrected chi connectivity index (χ4v) is 3.43. The summed E-state index contributed by atoms with van der Waals surface area (Å²) in [5.74, 6) is -0.351. The largest absolute Gasteiger partial charge is 0.337 e. The molecular weight excluding hydrogens is 345 g/mol. The molecule has 0 unspecified atom stereocenters. The number of halogens is 1. The Morgan fingerprint density at radius 1 is 1.04 bits per heavy atom. The van der Waals surface area contributed by atoms with E-state index in [1.54, 1.807) is 35.6 Å². The van der Waals surface area contributed by atoms with Crippen molar-refractivity contribution < 1.29 is 9.18 Å². The molecule has 0 bridgehead atoms. The number of hydrogen-bond acceptors (Lipinski definition) is 5. The van der Waals surface area contributed by atoms with Crippen LogP contribution in [0.3, 0.4) is 0 Å². The second kappa shape index (κ2) is 7.57. The van der Waals surface area contributed by atoms with E-state index in [1.165, 1.54) is 24.5 Å². The third-order valence-corrected chi connectivity index (χ3v) is 4.72. The highest BCUT2D eigenvalue weighted by atomic mass is 19.1. The van der Waals surface area contributed by atoms with E-state index < -0.39 is 0 Å². The Morgan fingerprint density at radius 3 is 2.59 bits per heavy atom. The van der Waals surface area contributed by atoms with Crippen LogP contribution in [-0.4, -0.2) is 43.8 Å². The first-order chi connectivity index (χ1) is 13.2. The van der Waals surface area contributed by atoms with Crippen molar-refractivity contribution >= 4 is 5.91 Å². The monoisotopic (exact) mass is 363 g/mol. The third-order valence-electron chi connectivity index (χ3n) is 4.72. The SMILES string of the molecule is O=C(c1cnccn1)N1CCC[C@H](c2nccnc2-c2ccc(F)cc2)C1. The highest BCUT2D eigenvalue weighted by Crippen LogP contribution is 2.32. The minimum atomic E-state index is -0.289. The minimum absolute atomic E-state index is 0.0631. The van der Waals surface area contributed by atoms with Crippen LogP contribution in [0.1, 0.15) is 34.9 Å². The molecule has 1 amide bonds. The lowest BCUT2D eigenvalue weighted by molar-refractivity contribution is 0.0699. The van der Waals surface area contributed by atoms with Gasteiger partial charge in [-0.15, -0.1) is 0 Å². The molecule has 0 aliphatic carbocycles. The van der Waals surface area contributed by atoms with E-state index in [9.17, 15) is 9.18 Å². The Kier molecular flexibility index (Phi) is 4.82. The normalized spacial score (nSPS) is 16.9. The van der Waals surface area contributed by atoms with E-state index in [4.69, 9.17) is 0 Å². The Bertz CT molecular complexity index is 933. The molecule has 136 valence electrons. The van der Waals surface area contributed by atoms with Gasteiger partial charge in [0.2, 0.25) is 0 Å². The summed E-state index contributed by atoms with van der Waals surface area (Å²) in [4.78, 5) is 31.6. The van der Waals surface area contributed by atoms with Crippen molar-refractivity contribution in [2.75, 3.05) is 13.1 Å². The first-order valence-corrected chi connectivity index (χ1v) is 8.84. The van der Waals surface area contributed by atoms with E-state index in [0.717, 1.165) is 29.8 Å². The highest BCUT2D eigenvalue weighted by molar-refractivity contribution is 5.92. The predicted molar refractivity (Wildman–Crippen MR) is 97.3 cm³/mol. The second-order valence-electron chi connectivity index (χ2n) is 6.48. The number of hydrogen-bond donors (Lipinski definition) is 0. The molecule has 0 radical (unpaired) electrons. The van der Waals surface area contributed by atoms with Crippen LogP contribution in [0, 0.1) is 5.82 Å². The summed E-state index contributed by atoms with van der Waals surface area (Å²) in [6, 6.07) is 6.24. The number of amides is 1. The molecule has 1 aliphatic rings. The molecule has 1 saturated heterocycles. The van der Waals surface area contributed by atoms with Crippen molar-refractivity contribution in [3.63, 3.8) is 0 Å². The maximum Gasteiger partial charge on any atom is 0.274 e. The van der Waals surface area contributed by atoms with Gasteiger partial charge in [0.1, 0.15) is 11.5 Å². The van der Waals surface area contributed by atoms with Crippen molar-refractivity contribution in [2.24, 2.45) is 0 Å². The fraction of sp³-hybridized carbons (Fsp3) is 0.250. The molecule has 3 aromatic rings. The van der Waals surface area contributed by atoms with E-state index in [1.807, 2.05) is 0 Å². The molecule has 2 aromatic heterocycles. The van der Waals surface area contributed by atoms with Gasteiger partial charge in [-0.25, -0.2) is 9.37 Å². The van der Waals surface area contributed by atoms with Gasteiger partial charge in [-0.05, 0) is 37.1 Å². The summed E-state index contributed by atoms with van der Waals surface area (Å²) >= 11 is 0. The lowest BCUT2D eigenvalue weighted by Crippen LogP contribution is -2.39. The van der Waals surface area contributed by atoms with Crippen LogP contribution >= 0.6 is 0 Å². The molecule has 27 heavy (non-hydrogen) atoms. The number of carbonyl (C=O) groups excluding carboxylic acids is 1. The van der Waals surface area contributed by atoms with Crippen molar-refractivity contribution in [3.8, 4) is 11.3 Å². The zero-order valence-corrected chi connectivity index (χ0v) is 14.6. The van der Waals surface area contributed by atoms with Crippen LogP contribution in [0.15, 0.2) is 55.2 Å². The summed E-state index contributed by atoms with van der Waals surface area (Å²) < 4.78 is 13.3. The van der Waals surface area contributed by atoms with Gasteiger partial charge in [-0.2, -0.15) is 0 Å². The predicted octanol–water partition coefficient (Wildman–Crippen LogP) is 3.09. The number of piperidine rings is 1. The van der Waals surface area contributed by atoms with Crippen LogP contribution in [0.4, 0.5) is 4.39 Å². The van der Waals surface area contributed by atoms with Crippen molar-refractivity contribution in [1.29, 1.82) is 0 Å². The van der Waals surface area contributed by atoms with Gasteiger partial charge in [0, 0.05) is 49.4 Å². The van der Waals surface area contributed by atoms with Gasteiger partial charge in [0.05, 0.1) is 17.6 Å². The van der Waals surface area contributed by atoms with E-state index in [0.29, 0.717) is 18.8 Å². The fourth-order valence-electron chi connectivity index (χ4n) is 3.43. The highest BCUT2D eigenvalue weighted by Gasteiger charge is 2.29. The molecular formula is C20H18FN5O. The Labute approximate surface area is 156 Å². The average Bonchev–Trinajstić information content (AvgIpc) is 2.74. The van der Waals surface area contributed by atoms with Gasteiger partial charge in [-0.3, -0.25) is 19.7 Å². The first kappa shape index (κ1) is 17.2. The summed E-state index contributed by atoms with van der Waals surface area (Å²) in [7, 11) is 0. The summed E-state index contributed by atoms with van der Waals surface area (Å²) in [6.07, 6.45) is 9.62. The molecule has 3 heterocycles. The smallest absolute Gasteiger partial charge is 0.274 e. The first-order valence-electron chi connectivity index (χ1n) is 8.84. The third kappa shape index (κ3) is 3.67. The van der Waals surface area contributed by atoms with Crippen molar-refractivity contribution in [2.45, 2.75) is 18.8 Å². The molecule has 0 spiro atoms. The zero-order valence-electron chi connectivity index (χ0n) is 14.6. The van der Waals surface area contributed by atoms with Gasteiger partial charge in [-0.1, -0.05) is 0 Å². The maximum atomic E-state index is 13.3. The van der Waals surface area contributed by atoms with Gasteiger partial charge in [0.15, 0.2) is 0 Å². The molecule has 1 aliphatic heterocycles. The summed E-state index contributed by atoms with van der Waals surface area (Å²) in [5, 5.41) is 0. The molecule has 0 saturated carbocycles. The maximum absolute atomic E-state index is 13.3. The summed E-state index contributed by atoms with van der Waals surface area (Å²) in [6.45, 7) is 1.22. The standard InChI is InChI=1S/C20H18FN5O/c21-16-5-3-14(4-6-16)18-19(25-10-9-24-18)15-2-1-11-26(13-15)20(27)17-12-22-7-8-23-17/h3-10,12,15H,1-2,11,13H2/t15-/m0/s1. The number of aromatic nitrogens is 4. The van der Waals surface area contributed by atoms with Crippen LogP contribution in [0.2, 0.25) is 0 Å². The molecule has 1 atom stereocenters. The van der Waals surface area contributed by atoms with Gasteiger partial charge < -0.3 is 4.90 Å². The lowest BCUT2D eigenvalue weighted by Gasteiger charge is -2.32. The summed E-state index contributed by atoms with van der Waals surface area (Å²) in [5.41, 5.74) is 2.73. The van der Waals surface area contributed by atoms with Crippen molar-refractivity contribution in [3.05, 3.63) is 72.5 Å². The zero-order chi connectivity index (χ0) is 18.6. The lowest BCUT2D eigenvalue weighted by atomic mass is 9.91. The van der Waals surface area contributed by atoms with Gasteiger partial charge >= 0.3 is 0 Å². The molecule has 4 rings (SSSR count). The molecule has 0 N–H and O–H groups in total. The molecule has 7 heteroatoms. The van der Waals surface area contributed by atoms with E-state index >= 15 is 0 Å². The average molecular weight is 363 g/mol.